The molecule has 0 aromatic rings. The van der Waals surface area contributed by atoms with Gasteiger partial charge in [-0.05, 0) is 43.4 Å². The van der Waals surface area contributed by atoms with Crippen LogP contribution in [-0.2, 0) is 65.4 Å². The van der Waals surface area contributed by atoms with Crippen molar-refractivity contribution in [2.24, 2.45) is 17.8 Å². The van der Waals surface area contributed by atoms with Crippen LogP contribution in [0.2, 0.25) is 0 Å². The summed E-state index contributed by atoms with van der Waals surface area (Å²) in [5.74, 6) is 0.224. The molecule has 3 N–H and O–H groups in total. The van der Waals surface area contributed by atoms with Crippen molar-refractivity contribution in [3.63, 3.8) is 0 Å². The van der Waals surface area contributed by atoms with Crippen molar-refractivity contribution >= 4 is 39.5 Å². The summed E-state index contributed by atoms with van der Waals surface area (Å²) in [5.41, 5.74) is 0. The van der Waals surface area contributed by atoms with Crippen LogP contribution in [-0.4, -0.2) is 96.7 Å². The molecule has 582 valence electrons. The fraction of sp³-hybridized carbons (Fsp3) is 0.949. The van der Waals surface area contributed by atoms with Gasteiger partial charge in [0.15, 0.2) is 12.2 Å². The maximum absolute atomic E-state index is 13.1. The molecule has 0 aromatic carbocycles. The first-order valence-electron chi connectivity index (χ1n) is 40.8. The number of aliphatic hydroxyl groups excluding tert-OH is 1. The van der Waals surface area contributed by atoms with Crippen LogP contribution in [0.4, 0.5) is 0 Å². The summed E-state index contributed by atoms with van der Waals surface area (Å²) < 4.78 is 68.6. The highest BCUT2D eigenvalue weighted by molar-refractivity contribution is 7.47. The number of esters is 4. The van der Waals surface area contributed by atoms with E-state index in [4.69, 9.17) is 37.0 Å². The number of phosphoric ester groups is 2. The molecule has 0 rings (SSSR count). The highest BCUT2D eigenvalue weighted by Gasteiger charge is 2.30. The zero-order valence-electron chi connectivity index (χ0n) is 64.3. The largest absolute Gasteiger partial charge is 0.472 e. The van der Waals surface area contributed by atoms with E-state index >= 15 is 0 Å². The number of rotatable bonds is 77. The first kappa shape index (κ1) is 96.1. The lowest BCUT2D eigenvalue weighted by atomic mass is 10.0. The monoisotopic (exact) mass is 1440 g/mol. The molecule has 0 aliphatic rings. The summed E-state index contributed by atoms with van der Waals surface area (Å²) in [5, 5.41) is 10.6. The van der Waals surface area contributed by atoms with E-state index in [1.54, 1.807) is 0 Å². The van der Waals surface area contributed by atoms with E-state index in [2.05, 4.69) is 48.5 Å². The maximum atomic E-state index is 13.1. The molecule has 2 unspecified atom stereocenters. The second-order valence-corrected chi connectivity index (χ2v) is 32.8. The van der Waals surface area contributed by atoms with Crippen molar-refractivity contribution in [3.8, 4) is 0 Å². The van der Waals surface area contributed by atoms with Gasteiger partial charge in [-0.3, -0.25) is 37.3 Å². The summed E-state index contributed by atoms with van der Waals surface area (Å²) in [6, 6.07) is 0. The normalized spacial score (nSPS) is 14.0. The predicted octanol–water partition coefficient (Wildman–Crippen LogP) is 23.4. The molecule has 0 heterocycles. The van der Waals surface area contributed by atoms with Gasteiger partial charge in [0.2, 0.25) is 0 Å². The van der Waals surface area contributed by atoms with Crippen LogP contribution in [0.15, 0.2) is 0 Å². The summed E-state index contributed by atoms with van der Waals surface area (Å²) in [4.78, 5) is 72.8. The lowest BCUT2D eigenvalue weighted by Crippen LogP contribution is -2.30. The number of aliphatic hydroxyl groups is 1. The third-order valence-electron chi connectivity index (χ3n) is 18.4. The molecule has 0 spiro atoms. The number of hydrogen-bond acceptors (Lipinski definition) is 15. The average molecular weight is 1440 g/mol. The van der Waals surface area contributed by atoms with E-state index in [1.165, 1.54) is 218 Å². The Bertz CT molecular complexity index is 1900. The fourth-order valence-corrected chi connectivity index (χ4v) is 13.7. The minimum atomic E-state index is -4.96. The molecule has 0 aliphatic carbocycles. The van der Waals surface area contributed by atoms with Gasteiger partial charge in [-0.1, -0.05) is 357 Å². The van der Waals surface area contributed by atoms with E-state index in [1.807, 2.05) is 0 Å². The van der Waals surface area contributed by atoms with Crippen molar-refractivity contribution in [1.82, 2.24) is 0 Å². The zero-order chi connectivity index (χ0) is 72.3. The first-order valence-corrected chi connectivity index (χ1v) is 43.8. The SMILES string of the molecule is CCCCCCCCCCCC(=O)OC[C@H](COP(=O)(O)OC[C@H](O)COP(=O)(O)OC[C@@H](COC(=O)CCCCCCCCCCCCCCCCCCC(C)C)OC(=O)CCCCCCCCCCCCCCCCCCC(C)C)OC(=O)CCCCCCCCCCC(C)C. The minimum Gasteiger partial charge on any atom is -0.462 e. The Kier molecular flexibility index (Phi) is 68.1. The third kappa shape index (κ3) is 72.4. The van der Waals surface area contributed by atoms with Gasteiger partial charge >= 0.3 is 39.5 Å². The number of carbonyl (C=O) groups excluding carboxylic acids is 4. The molecule has 0 fully saturated rings. The highest BCUT2D eigenvalue weighted by atomic mass is 31.2. The van der Waals surface area contributed by atoms with Gasteiger partial charge in [0.25, 0.3) is 0 Å². The lowest BCUT2D eigenvalue weighted by Gasteiger charge is -2.21. The van der Waals surface area contributed by atoms with E-state index in [0.29, 0.717) is 25.7 Å². The molecular formula is C79H154O17P2. The smallest absolute Gasteiger partial charge is 0.462 e. The molecule has 17 nitrogen and oxygen atoms in total. The Balaban J connectivity index is 5.20. The van der Waals surface area contributed by atoms with Crippen molar-refractivity contribution in [2.75, 3.05) is 39.6 Å². The van der Waals surface area contributed by atoms with Crippen molar-refractivity contribution in [1.29, 1.82) is 0 Å². The van der Waals surface area contributed by atoms with Crippen LogP contribution < -0.4 is 0 Å². The Morgan fingerprint density at radius 3 is 0.694 bits per heavy atom. The quantitative estimate of drug-likeness (QED) is 0.0222. The lowest BCUT2D eigenvalue weighted by molar-refractivity contribution is -0.161. The molecule has 0 saturated heterocycles. The van der Waals surface area contributed by atoms with Gasteiger partial charge < -0.3 is 33.8 Å². The molecule has 0 bridgehead atoms. The number of unbranched alkanes of at least 4 members (excludes halogenated alkanes) is 45. The van der Waals surface area contributed by atoms with Gasteiger partial charge in [0.1, 0.15) is 19.3 Å². The van der Waals surface area contributed by atoms with E-state index in [9.17, 15) is 43.2 Å². The molecule has 0 aromatic heterocycles. The molecule has 0 radical (unpaired) electrons. The third-order valence-corrected chi connectivity index (χ3v) is 20.3. The Labute approximate surface area is 600 Å². The van der Waals surface area contributed by atoms with E-state index in [-0.39, 0.29) is 25.7 Å². The Morgan fingerprint density at radius 1 is 0.276 bits per heavy atom. The summed E-state index contributed by atoms with van der Waals surface area (Å²) in [6.07, 6.45) is 57.0. The first-order chi connectivity index (χ1) is 47.2. The number of ether oxygens (including phenoxy) is 4. The molecule has 19 heteroatoms. The minimum absolute atomic E-state index is 0.104. The van der Waals surface area contributed by atoms with Crippen molar-refractivity contribution < 1.29 is 80.2 Å². The second kappa shape index (κ2) is 69.4. The fourth-order valence-electron chi connectivity index (χ4n) is 12.1. The van der Waals surface area contributed by atoms with Gasteiger partial charge in [-0.15, -0.1) is 0 Å². The zero-order valence-corrected chi connectivity index (χ0v) is 66.0. The standard InChI is InChI=1S/C79H154O17P2/c1-8-9-10-11-12-29-39-46-53-60-76(81)89-66-75(96-79(84)63-56-49-42-35-34-38-45-52-59-72(6)7)69-94-98(87,88)92-65-73(80)64-91-97(85,86)93-68-74(95-78(83)62-55-48-41-33-28-24-20-16-14-18-22-26-31-37-44-51-58-71(4)5)67-90-77(82)61-54-47-40-32-27-23-19-15-13-17-21-25-30-36-43-50-57-70(2)3/h70-75,80H,8-69H2,1-7H3,(H,85,86)(H,87,88)/t73-,74-,75-/m1/s1. The highest BCUT2D eigenvalue weighted by Crippen LogP contribution is 2.45. The van der Waals surface area contributed by atoms with Gasteiger partial charge in [-0.25, -0.2) is 9.13 Å². The maximum Gasteiger partial charge on any atom is 0.472 e. The van der Waals surface area contributed by atoms with Crippen LogP contribution in [0.1, 0.15) is 408 Å². The average Bonchev–Trinajstić information content (AvgIpc) is 1.28. The van der Waals surface area contributed by atoms with Crippen molar-refractivity contribution in [3.05, 3.63) is 0 Å². The van der Waals surface area contributed by atoms with Crippen molar-refractivity contribution in [2.45, 2.75) is 426 Å². The van der Waals surface area contributed by atoms with Crippen LogP contribution >= 0.6 is 15.6 Å². The van der Waals surface area contributed by atoms with Crippen LogP contribution in [0.5, 0.6) is 0 Å². The molecule has 0 aliphatic heterocycles. The predicted molar refractivity (Wildman–Crippen MR) is 400 cm³/mol. The second-order valence-electron chi connectivity index (χ2n) is 29.9. The van der Waals surface area contributed by atoms with Gasteiger partial charge in [0, 0.05) is 25.7 Å². The summed E-state index contributed by atoms with van der Waals surface area (Å²) in [7, 11) is -9.91. The number of carbonyl (C=O) groups is 4. The molecular weight excluding hydrogens is 1280 g/mol. The molecule has 98 heavy (non-hydrogen) atoms. The summed E-state index contributed by atoms with van der Waals surface area (Å²) >= 11 is 0. The summed E-state index contributed by atoms with van der Waals surface area (Å²) in [6.45, 7) is 11.9. The van der Waals surface area contributed by atoms with Crippen LogP contribution in [0, 0.1) is 17.8 Å². The Morgan fingerprint density at radius 2 is 0.469 bits per heavy atom. The van der Waals surface area contributed by atoms with Gasteiger partial charge in [0.05, 0.1) is 26.4 Å². The molecule has 5 atom stereocenters. The molecule has 0 amide bonds. The Hall–Kier alpha value is -1.94. The van der Waals surface area contributed by atoms with Crippen LogP contribution in [0.25, 0.3) is 0 Å². The van der Waals surface area contributed by atoms with E-state index in [0.717, 1.165) is 108 Å². The topological polar surface area (TPSA) is 237 Å². The number of hydrogen-bond donors (Lipinski definition) is 3. The number of phosphoric acid groups is 2. The van der Waals surface area contributed by atoms with Gasteiger partial charge in [-0.2, -0.15) is 0 Å². The molecule has 0 saturated carbocycles. The van der Waals surface area contributed by atoms with E-state index < -0.39 is 97.5 Å². The van der Waals surface area contributed by atoms with Crippen LogP contribution in [0.3, 0.4) is 0 Å².